The highest BCUT2D eigenvalue weighted by Gasteiger charge is 2.22. The van der Waals surface area contributed by atoms with Crippen molar-refractivity contribution < 1.29 is 9.90 Å². The zero-order chi connectivity index (χ0) is 20.8. The summed E-state index contributed by atoms with van der Waals surface area (Å²) in [6.45, 7) is 3.23. The standard InChI is InChI=1S/C21H19N5O3S.ClH/c1-24-12-14(20(28)29)18(27)13-6-7-17(23-19(13)24)25-8-10-26(11-9-25)21-22-15-4-2-3-5-16(15)30-21;/h2-7,12H,8-11H2,1H3,(H,28,29);1H. The van der Waals surface area contributed by atoms with E-state index in [1.165, 1.54) is 10.9 Å². The average molecular weight is 458 g/mol. The lowest BCUT2D eigenvalue weighted by Gasteiger charge is -2.35. The van der Waals surface area contributed by atoms with Crippen LogP contribution >= 0.6 is 23.7 Å². The van der Waals surface area contributed by atoms with E-state index < -0.39 is 11.4 Å². The molecule has 8 nitrogen and oxygen atoms in total. The first kappa shape index (κ1) is 21.1. The number of piperazine rings is 1. The molecule has 0 atom stereocenters. The molecule has 1 fully saturated rings. The molecule has 5 rings (SSSR count). The molecule has 0 spiro atoms. The SMILES string of the molecule is Cl.Cn1cc(C(=O)O)c(=O)c2ccc(N3CCN(c4nc5ccccc5s4)CC3)nc21. The van der Waals surface area contributed by atoms with E-state index in [1.54, 1.807) is 35.1 Å². The Bertz CT molecular complexity index is 1310. The van der Waals surface area contributed by atoms with Crippen LogP contribution in [0.3, 0.4) is 0 Å². The maximum absolute atomic E-state index is 12.4. The number of aromatic carboxylic acids is 1. The van der Waals surface area contributed by atoms with Gasteiger partial charge in [-0.2, -0.15) is 0 Å². The van der Waals surface area contributed by atoms with E-state index in [1.807, 2.05) is 18.2 Å². The molecule has 0 saturated carbocycles. The zero-order valence-corrected chi connectivity index (χ0v) is 18.3. The Morgan fingerprint density at radius 2 is 1.74 bits per heavy atom. The van der Waals surface area contributed by atoms with Gasteiger partial charge in [0.25, 0.3) is 0 Å². The van der Waals surface area contributed by atoms with Gasteiger partial charge < -0.3 is 19.5 Å². The van der Waals surface area contributed by atoms with Crippen molar-refractivity contribution in [3.8, 4) is 0 Å². The average Bonchev–Trinajstić information content (AvgIpc) is 3.20. The number of aryl methyl sites for hydroxylation is 1. The summed E-state index contributed by atoms with van der Waals surface area (Å²) in [5, 5.41) is 10.6. The summed E-state index contributed by atoms with van der Waals surface area (Å²) in [6.07, 6.45) is 1.33. The van der Waals surface area contributed by atoms with Crippen LogP contribution in [-0.2, 0) is 7.05 Å². The van der Waals surface area contributed by atoms with Crippen LogP contribution < -0.4 is 15.2 Å². The second kappa shape index (κ2) is 8.16. The minimum Gasteiger partial charge on any atom is -0.477 e. The van der Waals surface area contributed by atoms with E-state index >= 15 is 0 Å². The summed E-state index contributed by atoms with van der Waals surface area (Å²) in [5.41, 5.74) is 0.758. The Kier molecular flexibility index (Phi) is 5.55. The maximum atomic E-state index is 12.4. The Morgan fingerprint density at radius 1 is 1.03 bits per heavy atom. The quantitative estimate of drug-likeness (QED) is 0.505. The smallest absolute Gasteiger partial charge is 0.341 e. The number of carboxylic acid groups (broad SMARTS) is 1. The molecule has 4 heterocycles. The summed E-state index contributed by atoms with van der Waals surface area (Å²) in [7, 11) is 1.70. The van der Waals surface area contributed by atoms with Crippen LogP contribution in [0.25, 0.3) is 21.3 Å². The van der Waals surface area contributed by atoms with E-state index in [9.17, 15) is 14.7 Å². The van der Waals surface area contributed by atoms with Crippen LogP contribution in [0.1, 0.15) is 10.4 Å². The lowest BCUT2D eigenvalue weighted by atomic mass is 10.2. The van der Waals surface area contributed by atoms with Crippen molar-refractivity contribution in [2.24, 2.45) is 7.05 Å². The molecule has 1 aliphatic heterocycles. The van der Waals surface area contributed by atoms with Crippen LogP contribution in [-0.4, -0.2) is 51.8 Å². The van der Waals surface area contributed by atoms with Crippen molar-refractivity contribution in [1.29, 1.82) is 0 Å². The molecule has 10 heteroatoms. The fourth-order valence-corrected chi connectivity index (χ4v) is 4.81. The number of halogens is 1. The molecule has 160 valence electrons. The number of pyridine rings is 2. The van der Waals surface area contributed by atoms with Crippen LogP contribution in [0.5, 0.6) is 0 Å². The van der Waals surface area contributed by atoms with Gasteiger partial charge >= 0.3 is 5.97 Å². The maximum Gasteiger partial charge on any atom is 0.341 e. The van der Waals surface area contributed by atoms with Crippen molar-refractivity contribution in [3.63, 3.8) is 0 Å². The van der Waals surface area contributed by atoms with Crippen molar-refractivity contribution in [2.45, 2.75) is 0 Å². The number of carbonyl (C=O) groups is 1. The van der Waals surface area contributed by atoms with Gasteiger partial charge in [0.2, 0.25) is 5.43 Å². The summed E-state index contributed by atoms with van der Waals surface area (Å²) in [6, 6.07) is 11.6. The molecule has 4 aromatic rings. The van der Waals surface area contributed by atoms with Crippen molar-refractivity contribution in [3.05, 3.63) is 58.4 Å². The molecule has 0 unspecified atom stereocenters. The van der Waals surface area contributed by atoms with Gasteiger partial charge in [-0.3, -0.25) is 4.79 Å². The summed E-state index contributed by atoms with van der Waals surface area (Å²) < 4.78 is 2.79. The summed E-state index contributed by atoms with van der Waals surface area (Å²) in [4.78, 5) is 37.6. The number of carboxylic acids is 1. The lowest BCUT2D eigenvalue weighted by molar-refractivity contribution is 0.0695. The molecular formula is C21H20ClN5O3S. The first-order valence-electron chi connectivity index (χ1n) is 9.60. The van der Waals surface area contributed by atoms with Gasteiger partial charge in [0.05, 0.1) is 15.6 Å². The van der Waals surface area contributed by atoms with Gasteiger partial charge in [0, 0.05) is 39.4 Å². The van der Waals surface area contributed by atoms with Crippen LogP contribution in [0.15, 0.2) is 47.4 Å². The molecule has 1 N–H and O–H groups in total. The molecule has 1 aliphatic rings. The monoisotopic (exact) mass is 457 g/mol. The second-order valence-corrected chi connectivity index (χ2v) is 8.28. The van der Waals surface area contributed by atoms with Gasteiger partial charge in [-0.25, -0.2) is 14.8 Å². The molecule has 0 amide bonds. The molecule has 3 aromatic heterocycles. The Balaban J connectivity index is 0.00000231. The van der Waals surface area contributed by atoms with Gasteiger partial charge in [-0.1, -0.05) is 23.5 Å². The minimum absolute atomic E-state index is 0. The number of rotatable bonds is 3. The Hall–Kier alpha value is -3.17. The fraction of sp³-hybridized carbons (Fsp3) is 0.238. The molecule has 0 radical (unpaired) electrons. The normalized spacial score (nSPS) is 14.1. The highest BCUT2D eigenvalue weighted by atomic mass is 35.5. The molecule has 1 saturated heterocycles. The molecule has 1 aromatic carbocycles. The molecular weight excluding hydrogens is 438 g/mol. The van der Waals surface area contributed by atoms with Crippen molar-refractivity contribution >= 4 is 61.9 Å². The van der Waals surface area contributed by atoms with Crippen molar-refractivity contribution in [1.82, 2.24) is 14.5 Å². The number of thiazole rings is 1. The topological polar surface area (TPSA) is 91.6 Å². The van der Waals surface area contributed by atoms with Gasteiger partial charge in [0.15, 0.2) is 5.13 Å². The van der Waals surface area contributed by atoms with Crippen LogP contribution in [0.2, 0.25) is 0 Å². The van der Waals surface area contributed by atoms with Crippen LogP contribution in [0.4, 0.5) is 10.9 Å². The first-order chi connectivity index (χ1) is 14.5. The number of hydrogen-bond acceptors (Lipinski definition) is 7. The number of para-hydroxylation sites is 1. The second-order valence-electron chi connectivity index (χ2n) is 7.27. The predicted molar refractivity (Wildman–Crippen MR) is 125 cm³/mol. The number of anilines is 2. The summed E-state index contributed by atoms with van der Waals surface area (Å²) in [5.74, 6) is -0.447. The number of benzene rings is 1. The minimum atomic E-state index is -1.23. The molecule has 31 heavy (non-hydrogen) atoms. The van der Waals surface area contributed by atoms with E-state index in [0.717, 1.165) is 42.6 Å². The Morgan fingerprint density at radius 3 is 2.45 bits per heavy atom. The van der Waals surface area contributed by atoms with Crippen LogP contribution in [0, 0.1) is 0 Å². The van der Waals surface area contributed by atoms with E-state index in [4.69, 9.17) is 4.98 Å². The highest BCUT2D eigenvalue weighted by molar-refractivity contribution is 7.22. The number of hydrogen-bond donors (Lipinski definition) is 1. The number of aromatic nitrogens is 3. The third-order valence-electron chi connectivity index (χ3n) is 5.39. The largest absolute Gasteiger partial charge is 0.477 e. The molecule has 0 aliphatic carbocycles. The lowest BCUT2D eigenvalue weighted by Crippen LogP contribution is -2.46. The van der Waals surface area contributed by atoms with Gasteiger partial charge in [-0.15, -0.1) is 12.4 Å². The fourth-order valence-electron chi connectivity index (χ4n) is 3.79. The van der Waals surface area contributed by atoms with Crippen molar-refractivity contribution in [2.75, 3.05) is 36.0 Å². The van der Waals surface area contributed by atoms with E-state index in [-0.39, 0.29) is 18.0 Å². The van der Waals surface area contributed by atoms with Gasteiger partial charge in [-0.05, 0) is 24.3 Å². The number of fused-ring (bicyclic) bond motifs is 2. The molecule has 0 bridgehead atoms. The predicted octanol–water partition coefficient (Wildman–Crippen LogP) is 2.99. The van der Waals surface area contributed by atoms with E-state index in [2.05, 4.69) is 20.9 Å². The third kappa shape index (κ3) is 3.70. The van der Waals surface area contributed by atoms with Gasteiger partial charge in [0.1, 0.15) is 17.0 Å². The summed E-state index contributed by atoms with van der Waals surface area (Å²) >= 11 is 1.70. The zero-order valence-electron chi connectivity index (χ0n) is 16.7. The Labute approximate surface area is 187 Å². The number of nitrogens with zero attached hydrogens (tertiary/aromatic N) is 5. The van der Waals surface area contributed by atoms with E-state index in [0.29, 0.717) is 11.0 Å². The first-order valence-corrected chi connectivity index (χ1v) is 10.4. The highest BCUT2D eigenvalue weighted by Crippen LogP contribution is 2.29. The third-order valence-corrected chi connectivity index (χ3v) is 6.49.